The van der Waals surface area contributed by atoms with Crippen molar-refractivity contribution in [2.24, 2.45) is 0 Å². The van der Waals surface area contributed by atoms with E-state index in [9.17, 15) is 4.79 Å². The van der Waals surface area contributed by atoms with Crippen molar-refractivity contribution in [3.8, 4) is 0 Å². The number of hydrogen-bond acceptors (Lipinski definition) is 2. The molecular formula is C19H27ClO2. The Morgan fingerprint density at radius 3 is 2.55 bits per heavy atom. The summed E-state index contributed by atoms with van der Waals surface area (Å²) in [6.07, 6.45) is 3.64. The monoisotopic (exact) mass is 322 g/mol. The van der Waals surface area contributed by atoms with Gasteiger partial charge in [-0.05, 0) is 38.7 Å². The second-order valence-corrected chi connectivity index (χ2v) is 6.56. The van der Waals surface area contributed by atoms with E-state index in [0.29, 0.717) is 25.3 Å². The third-order valence-corrected chi connectivity index (χ3v) is 3.90. The molecule has 0 saturated heterocycles. The molecule has 0 aliphatic carbocycles. The van der Waals surface area contributed by atoms with Crippen molar-refractivity contribution in [3.05, 3.63) is 48.0 Å². The molecule has 0 bridgehead atoms. The zero-order valence-electron chi connectivity index (χ0n) is 13.7. The molecule has 22 heavy (non-hydrogen) atoms. The number of alkyl halides is 1. The predicted octanol–water partition coefficient (Wildman–Crippen LogP) is 4.95. The van der Waals surface area contributed by atoms with E-state index in [1.54, 1.807) is 0 Å². The summed E-state index contributed by atoms with van der Waals surface area (Å²) in [7, 11) is 0. The molecule has 0 amide bonds. The first-order valence-electron chi connectivity index (χ1n) is 7.85. The van der Waals surface area contributed by atoms with Gasteiger partial charge in [-0.25, -0.2) is 0 Å². The van der Waals surface area contributed by atoms with Gasteiger partial charge in [-0.1, -0.05) is 42.5 Å². The Labute approximate surface area is 139 Å². The summed E-state index contributed by atoms with van der Waals surface area (Å²) in [5.41, 5.74) is 1.83. The summed E-state index contributed by atoms with van der Waals surface area (Å²) in [4.78, 5) is 12.1. The summed E-state index contributed by atoms with van der Waals surface area (Å²) in [6.45, 7) is 8.34. The van der Waals surface area contributed by atoms with E-state index >= 15 is 0 Å². The molecule has 3 heteroatoms. The Morgan fingerprint density at radius 1 is 1.23 bits per heavy atom. The standard InChI is InChI=1S/C19H27ClO2/c1-16(15-20)12-13-22-19(2,3)14-18(21)11-7-10-17-8-5-4-6-9-17/h4-6,8-9H,1,7,10-15H2,2-3H3. The summed E-state index contributed by atoms with van der Waals surface area (Å²) in [6, 6.07) is 10.3. The molecule has 0 unspecified atom stereocenters. The zero-order chi connectivity index (χ0) is 16.4. The Kier molecular flexibility index (Phi) is 8.44. The lowest BCUT2D eigenvalue weighted by Gasteiger charge is -2.24. The van der Waals surface area contributed by atoms with Crippen LogP contribution in [-0.4, -0.2) is 23.9 Å². The summed E-state index contributed by atoms with van der Waals surface area (Å²) < 4.78 is 5.80. The average Bonchev–Trinajstić information content (AvgIpc) is 2.47. The molecule has 1 aromatic carbocycles. The summed E-state index contributed by atoms with van der Waals surface area (Å²) in [5.74, 6) is 0.722. The van der Waals surface area contributed by atoms with Gasteiger partial charge in [0.25, 0.3) is 0 Å². The quantitative estimate of drug-likeness (QED) is 0.425. The van der Waals surface area contributed by atoms with Gasteiger partial charge in [-0.15, -0.1) is 11.6 Å². The number of carbonyl (C=O) groups is 1. The Hall–Kier alpha value is -1.12. The second kappa shape index (κ2) is 9.81. The van der Waals surface area contributed by atoms with Crippen LogP contribution in [0.3, 0.4) is 0 Å². The number of ether oxygens (including phenoxy) is 1. The molecule has 1 rings (SSSR count). The minimum atomic E-state index is -0.420. The maximum Gasteiger partial charge on any atom is 0.135 e. The normalized spacial score (nSPS) is 11.4. The van der Waals surface area contributed by atoms with E-state index < -0.39 is 5.60 Å². The maximum absolute atomic E-state index is 12.1. The number of Topliss-reactive ketones (excluding diaryl/α,β-unsaturated/α-hetero) is 1. The molecule has 0 radical (unpaired) electrons. The molecule has 2 nitrogen and oxygen atoms in total. The fourth-order valence-electron chi connectivity index (χ4n) is 2.29. The summed E-state index contributed by atoms with van der Waals surface area (Å²) in [5, 5.41) is 0. The van der Waals surface area contributed by atoms with E-state index in [4.69, 9.17) is 16.3 Å². The largest absolute Gasteiger partial charge is 0.375 e. The van der Waals surface area contributed by atoms with Gasteiger partial charge in [0.15, 0.2) is 0 Å². The van der Waals surface area contributed by atoms with Crippen LogP contribution < -0.4 is 0 Å². The van der Waals surface area contributed by atoms with Crippen LogP contribution in [0.5, 0.6) is 0 Å². The van der Waals surface area contributed by atoms with Gasteiger partial charge in [0, 0.05) is 18.7 Å². The highest BCUT2D eigenvalue weighted by molar-refractivity contribution is 6.19. The SMILES string of the molecule is C=C(CCl)CCOC(C)(C)CC(=O)CCCc1ccccc1. The molecule has 0 atom stereocenters. The third kappa shape index (κ3) is 8.35. The van der Waals surface area contributed by atoms with Crippen LogP contribution in [-0.2, 0) is 16.0 Å². The van der Waals surface area contributed by atoms with Gasteiger partial charge >= 0.3 is 0 Å². The van der Waals surface area contributed by atoms with E-state index in [-0.39, 0.29) is 5.78 Å². The zero-order valence-corrected chi connectivity index (χ0v) is 14.5. The molecule has 0 fully saturated rings. The van der Waals surface area contributed by atoms with E-state index in [2.05, 4.69) is 18.7 Å². The number of benzene rings is 1. The average molecular weight is 323 g/mol. The highest BCUT2D eigenvalue weighted by Crippen LogP contribution is 2.18. The smallest absolute Gasteiger partial charge is 0.135 e. The topological polar surface area (TPSA) is 26.3 Å². The fourth-order valence-corrected chi connectivity index (χ4v) is 2.42. The van der Waals surface area contributed by atoms with Crippen LogP contribution >= 0.6 is 11.6 Å². The van der Waals surface area contributed by atoms with Gasteiger partial charge in [0.2, 0.25) is 0 Å². The minimum Gasteiger partial charge on any atom is -0.375 e. The lowest BCUT2D eigenvalue weighted by Crippen LogP contribution is -2.28. The number of rotatable bonds is 11. The first-order chi connectivity index (χ1) is 10.4. The van der Waals surface area contributed by atoms with Crippen molar-refractivity contribution in [2.75, 3.05) is 12.5 Å². The number of halogens is 1. The molecule has 0 aliphatic heterocycles. The molecule has 0 heterocycles. The fraction of sp³-hybridized carbons (Fsp3) is 0.526. The van der Waals surface area contributed by atoms with Crippen molar-refractivity contribution in [2.45, 2.75) is 51.6 Å². The lowest BCUT2D eigenvalue weighted by molar-refractivity contribution is -0.125. The molecule has 0 aromatic heterocycles. The first kappa shape index (κ1) is 18.9. The lowest BCUT2D eigenvalue weighted by atomic mass is 9.97. The van der Waals surface area contributed by atoms with E-state index in [1.807, 2.05) is 32.0 Å². The molecular weight excluding hydrogens is 296 g/mol. The Morgan fingerprint density at radius 2 is 1.91 bits per heavy atom. The molecule has 0 aliphatic rings. The third-order valence-electron chi connectivity index (χ3n) is 3.52. The number of hydrogen-bond donors (Lipinski definition) is 0. The van der Waals surface area contributed by atoms with Crippen LogP contribution in [0.2, 0.25) is 0 Å². The number of carbonyl (C=O) groups excluding carboxylic acids is 1. The Bertz CT molecular complexity index is 466. The van der Waals surface area contributed by atoms with Crippen LogP contribution in [0.25, 0.3) is 0 Å². The molecule has 122 valence electrons. The van der Waals surface area contributed by atoms with E-state index in [0.717, 1.165) is 24.8 Å². The number of aryl methyl sites for hydroxylation is 1. The Balaban J connectivity index is 2.23. The highest BCUT2D eigenvalue weighted by atomic mass is 35.5. The van der Waals surface area contributed by atoms with Gasteiger partial charge in [0.1, 0.15) is 5.78 Å². The van der Waals surface area contributed by atoms with Crippen molar-refractivity contribution in [1.29, 1.82) is 0 Å². The molecule has 0 spiro atoms. The van der Waals surface area contributed by atoms with Gasteiger partial charge in [0.05, 0.1) is 12.2 Å². The van der Waals surface area contributed by atoms with Gasteiger partial charge in [-0.3, -0.25) is 4.79 Å². The maximum atomic E-state index is 12.1. The second-order valence-electron chi connectivity index (χ2n) is 6.30. The highest BCUT2D eigenvalue weighted by Gasteiger charge is 2.22. The van der Waals surface area contributed by atoms with Crippen LogP contribution in [0, 0.1) is 0 Å². The number of ketones is 1. The molecule has 0 saturated carbocycles. The van der Waals surface area contributed by atoms with Gasteiger partial charge in [-0.2, -0.15) is 0 Å². The predicted molar refractivity (Wildman–Crippen MR) is 93.5 cm³/mol. The van der Waals surface area contributed by atoms with Crippen molar-refractivity contribution in [1.82, 2.24) is 0 Å². The summed E-state index contributed by atoms with van der Waals surface area (Å²) >= 11 is 5.68. The van der Waals surface area contributed by atoms with Gasteiger partial charge < -0.3 is 4.74 Å². The van der Waals surface area contributed by atoms with Crippen LogP contribution in [0.15, 0.2) is 42.5 Å². The van der Waals surface area contributed by atoms with Crippen molar-refractivity contribution >= 4 is 17.4 Å². The van der Waals surface area contributed by atoms with E-state index in [1.165, 1.54) is 5.56 Å². The van der Waals surface area contributed by atoms with Crippen molar-refractivity contribution < 1.29 is 9.53 Å². The molecule has 0 N–H and O–H groups in total. The minimum absolute atomic E-state index is 0.261. The molecule has 1 aromatic rings. The van der Waals surface area contributed by atoms with Crippen LogP contribution in [0.4, 0.5) is 0 Å². The first-order valence-corrected chi connectivity index (χ1v) is 8.38. The van der Waals surface area contributed by atoms with Crippen LogP contribution in [0.1, 0.15) is 45.1 Å². The van der Waals surface area contributed by atoms with Crippen molar-refractivity contribution in [3.63, 3.8) is 0 Å².